The van der Waals surface area contributed by atoms with Crippen molar-refractivity contribution in [1.82, 2.24) is 4.98 Å². The number of nitrogens with zero attached hydrogens (tertiary/aromatic N) is 2. The molecule has 6 aromatic rings. The Morgan fingerprint density at radius 1 is 0.479 bits per heavy atom. The first-order valence-electron chi connectivity index (χ1n) is 17.6. The van der Waals surface area contributed by atoms with E-state index in [1.165, 1.54) is 65.5 Å². The summed E-state index contributed by atoms with van der Waals surface area (Å²) < 4.78 is 0. The fraction of sp³-hybridized carbons (Fsp3) is 0.217. The van der Waals surface area contributed by atoms with Crippen LogP contribution in [-0.4, -0.2) is 4.98 Å². The predicted molar refractivity (Wildman–Crippen MR) is 196 cm³/mol. The molecule has 230 valence electrons. The zero-order chi connectivity index (χ0) is 31.8. The number of pyridine rings is 1. The number of benzene rings is 5. The molecule has 11 rings (SSSR count). The third-order valence-corrected chi connectivity index (χ3v) is 12.3. The van der Waals surface area contributed by atoms with E-state index in [-0.39, 0.29) is 5.41 Å². The van der Waals surface area contributed by atoms with Crippen LogP contribution in [0.3, 0.4) is 0 Å². The van der Waals surface area contributed by atoms with Gasteiger partial charge in [0, 0.05) is 16.5 Å². The molecular formula is C46H36N2. The van der Waals surface area contributed by atoms with Crippen molar-refractivity contribution < 1.29 is 0 Å². The molecule has 0 unspecified atom stereocenters. The SMILES string of the molecule is [C-]#[N+]c1ccccc1-c1ccc2c(c1)C1(c3cc(-c4cc(-c5ccccc5)nc(-c5ccccc5)c4)ccc3-2)C2CC3CC(C2)CC1C3. The molecule has 0 aliphatic heterocycles. The van der Waals surface area contributed by atoms with E-state index < -0.39 is 0 Å². The van der Waals surface area contributed by atoms with E-state index >= 15 is 0 Å². The van der Waals surface area contributed by atoms with Gasteiger partial charge in [-0.3, -0.25) is 0 Å². The van der Waals surface area contributed by atoms with Gasteiger partial charge in [-0.25, -0.2) is 9.83 Å². The summed E-state index contributed by atoms with van der Waals surface area (Å²) in [5.41, 5.74) is 15.6. The molecule has 2 nitrogen and oxygen atoms in total. The van der Waals surface area contributed by atoms with Crippen LogP contribution in [0.1, 0.15) is 43.2 Å². The molecule has 4 saturated carbocycles. The van der Waals surface area contributed by atoms with Crippen molar-refractivity contribution in [2.24, 2.45) is 23.7 Å². The van der Waals surface area contributed by atoms with Crippen molar-refractivity contribution in [2.45, 2.75) is 37.5 Å². The molecule has 1 aromatic heterocycles. The topological polar surface area (TPSA) is 17.2 Å². The van der Waals surface area contributed by atoms with Gasteiger partial charge in [-0.2, -0.15) is 0 Å². The molecule has 4 fully saturated rings. The predicted octanol–water partition coefficient (Wildman–Crippen LogP) is 12.0. The highest BCUT2D eigenvalue weighted by atomic mass is 14.7. The monoisotopic (exact) mass is 616 g/mol. The number of aromatic nitrogens is 1. The lowest BCUT2D eigenvalue weighted by Crippen LogP contribution is -2.55. The number of fused-ring (bicyclic) bond motifs is 3. The van der Waals surface area contributed by atoms with Crippen LogP contribution in [0.4, 0.5) is 5.69 Å². The van der Waals surface area contributed by atoms with Gasteiger partial charge in [0.05, 0.1) is 18.0 Å². The minimum Gasteiger partial charge on any atom is -0.248 e. The molecule has 2 heteroatoms. The molecule has 0 atom stereocenters. The fourth-order valence-corrected chi connectivity index (χ4v) is 10.6. The third-order valence-electron chi connectivity index (χ3n) is 12.3. The average molecular weight is 617 g/mol. The smallest absolute Gasteiger partial charge is 0.194 e. The van der Waals surface area contributed by atoms with Gasteiger partial charge in [0.25, 0.3) is 0 Å². The van der Waals surface area contributed by atoms with Gasteiger partial charge in [-0.05, 0) is 118 Å². The lowest BCUT2D eigenvalue weighted by molar-refractivity contribution is -0.0399. The summed E-state index contributed by atoms with van der Waals surface area (Å²) in [5.74, 6) is 3.07. The first-order chi connectivity index (χ1) is 23.7. The average Bonchev–Trinajstić information content (AvgIpc) is 3.43. The quantitative estimate of drug-likeness (QED) is 0.180. The van der Waals surface area contributed by atoms with Crippen molar-refractivity contribution in [2.75, 3.05) is 0 Å². The van der Waals surface area contributed by atoms with Gasteiger partial charge in [-0.15, -0.1) is 0 Å². The second-order valence-corrected chi connectivity index (χ2v) is 14.7. The molecule has 0 saturated heterocycles. The van der Waals surface area contributed by atoms with Crippen molar-refractivity contribution in [1.29, 1.82) is 0 Å². The van der Waals surface area contributed by atoms with E-state index in [4.69, 9.17) is 11.6 Å². The molecule has 5 aromatic carbocycles. The van der Waals surface area contributed by atoms with Crippen LogP contribution < -0.4 is 0 Å². The summed E-state index contributed by atoms with van der Waals surface area (Å²) in [6.07, 6.45) is 6.78. The van der Waals surface area contributed by atoms with E-state index in [1.54, 1.807) is 5.56 Å². The van der Waals surface area contributed by atoms with Gasteiger partial charge in [0.15, 0.2) is 5.69 Å². The summed E-state index contributed by atoms with van der Waals surface area (Å²) in [6.45, 7) is 7.88. The summed E-state index contributed by atoms with van der Waals surface area (Å²) in [7, 11) is 0. The van der Waals surface area contributed by atoms with Crippen LogP contribution in [0, 0.1) is 30.2 Å². The Morgan fingerprint density at radius 2 is 1.00 bits per heavy atom. The summed E-state index contributed by atoms with van der Waals surface area (Å²) >= 11 is 0. The molecule has 1 spiro atoms. The maximum absolute atomic E-state index is 7.88. The molecule has 48 heavy (non-hydrogen) atoms. The van der Waals surface area contributed by atoms with E-state index in [1.807, 2.05) is 12.1 Å². The minimum absolute atomic E-state index is 0.0225. The van der Waals surface area contributed by atoms with Crippen molar-refractivity contribution >= 4 is 5.69 Å². The molecule has 5 aliphatic carbocycles. The number of rotatable bonds is 4. The highest BCUT2D eigenvalue weighted by Crippen LogP contribution is 2.69. The lowest BCUT2D eigenvalue weighted by atomic mass is 9.43. The number of para-hydroxylation sites is 1. The van der Waals surface area contributed by atoms with Gasteiger partial charge < -0.3 is 0 Å². The van der Waals surface area contributed by atoms with Crippen LogP contribution in [0.2, 0.25) is 0 Å². The fourth-order valence-electron chi connectivity index (χ4n) is 10.6. The van der Waals surface area contributed by atoms with Crippen molar-refractivity contribution in [3.05, 3.63) is 156 Å². The largest absolute Gasteiger partial charge is 0.248 e. The van der Waals surface area contributed by atoms with Crippen LogP contribution in [0.25, 0.3) is 60.7 Å². The maximum atomic E-state index is 7.88. The highest BCUT2D eigenvalue weighted by Gasteiger charge is 2.61. The highest BCUT2D eigenvalue weighted by molar-refractivity contribution is 5.89. The van der Waals surface area contributed by atoms with Gasteiger partial charge in [0.2, 0.25) is 0 Å². The molecule has 0 amide bonds. The first-order valence-corrected chi connectivity index (χ1v) is 17.6. The second kappa shape index (κ2) is 10.6. The Balaban J connectivity index is 1.18. The van der Waals surface area contributed by atoms with Crippen LogP contribution in [0.15, 0.2) is 133 Å². The minimum atomic E-state index is 0.0225. The Morgan fingerprint density at radius 3 is 1.58 bits per heavy atom. The summed E-state index contributed by atoms with van der Waals surface area (Å²) in [4.78, 5) is 9.08. The second-order valence-electron chi connectivity index (χ2n) is 14.7. The number of hydrogen-bond acceptors (Lipinski definition) is 1. The van der Waals surface area contributed by atoms with E-state index in [9.17, 15) is 0 Å². The normalized spacial score (nSPS) is 24.3. The van der Waals surface area contributed by atoms with Crippen LogP contribution in [0.5, 0.6) is 0 Å². The molecule has 0 radical (unpaired) electrons. The van der Waals surface area contributed by atoms with Crippen LogP contribution in [-0.2, 0) is 5.41 Å². The Hall–Kier alpha value is -5.26. The summed E-state index contributed by atoms with van der Waals surface area (Å²) in [5, 5.41) is 0. The van der Waals surface area contributed by atoms with E-state index in [0.29, 0.717) is 11.8 Å². The standard InChI is InChI=1S/C46H36N2/c1-47-43-15-9-8-14-38(43)34-17-19-40-39-18-16-33(25-41(39)46(42(40)26-34)36-21-29-20-30(23-36)24-37(46)22-29)35-27-44(31-10-4-2-5-11-31)48-45(28-35)32-12-6-3-7-13-32/h2-19,25-30,36-37H,20-24H2. The Bertz CT molecular complexity index is 2170. The zero-order valence-corrected chi connectivity index (χ0v) is 26.9. The molecule has 5 aliphatic rings. The molecule has 4 bridgehead atoms. The lowest BCUT2D eigenvalue weighted by Gasteiger charge is -2.61. The molecular weight excluding hydrogens is 581 g/mol. The van der Waals surface area contributed by atoms with E-state index in [0.717, 1.165) is 45.6 Å². The molecule has 1 heterocycles. The van der Waals surface area contributed by atoms with Crippen molar-refractivity contribution in [3.63, 3.8) is 0 Å². The van der Waals surface area contributed by atoms with Gasteiger partial charge in [0.1, 0.15) is 0 Å². The first kappa shape index (κ1) is 27.8. The van der Waals surface area contributed by atoms with Crippen LogP contribution >= 0.6 is 0 Å². The Kier molecular flexibility index (Phi) is 6.16. The van der Waals surface area contributed by atoms with Crippen molar-refractivity contribution in [3.8, 4) is 55.9 Å². The van der Waals surface area contributed by atoms with E-state index in [2.05, 4.69) is 126 Å². The maximum Gasteiger partial charge on any atom is 0.194 e. The van der Waals surface area contributed by atoms with Gasteiger partial charge in [-0.1, -0.05) is 115 Å². The third kappa shape index (κ3) is 4.07. The zero-order valence-electron chi connectivity index (χ0n) is 26.9. The number of hydrogen-bond donors (Lipinski definition) is 0. The summed E-state index contributed by atoms with van der Waals surface area (Å²) in [6, 6.07) is 48.3. The van der Waals surface area contributed by atoms with Gasteiger partial charge >= 0.3 is 0 Å². The molecule has 0 N–H and O–H groups in total. The Labute approximate surface area is 283 Å².